The average Bonchev–Trinajstić information content (AvgIpc) is 2.45. The van der Waals surface area contributed by atoms with E-state index in [4.69, 9.17) is 9.16 Å². The van der Waals surface area contributed by atoms with E-state index in [2.05, 4.69) is 58.6 Å². The van der Waals surface area contributed by atoms with Crippen molar-refractivity contribution in [3.63, 3.8) is 0 Å². The fourth-order valence-electron chi connectivity index (χ4n) is 2.21. The lowest BCUT2D eigenvalue weighted by Crippen LogP contribution is -2.25. The molecule has 2 aromatic rings. The highest BCUT2D eigenvalue weighted by Crippen LogP contribution is 2.29. The van der Waals surface area contributed by atoms with Crippen molar-refractivity contribution < 1.29 is 9.16 Å². The van der Waals surface area contributed by atoms with Crippen molar-refractivity contribution in [1.29, 1.82) is 0 Å². The molecule has 0 radical (unpaired) electrons. The van der Waals surface area contributed by atoms with Gasteiger partial charge in [0, 0.05) is 5.56 Å². The normalized spacial score (nSPS) is 12.8. The fraction of sp³-hybridized carbons (Fsp3) is 0.333. The van der Waals surface area contributed by atoms with Gasteiger partial charge in [0.1, 0.15) is 17.3 Å². The van der Waals surface area contributed by atoms with Gasteiger partial charge in [-0.2, -0.15) is 0 Å². The van der Waals surface area contributed by atoms with E-state index in [-0.39, 0.29) is 5.41 Å². The molecule has 0 saturated carbocycles. The lowest BCUT2D eigenvalue weighted by Gasteiger charge is -2.25. The van der Waals surface area contributed by atoms with Gasteiger partial charge in [-0.15, -0.1) is 0 Å². The number of para-hydroxylation sites is 1. The minimum Gasteiger partial charge on any atom is -0.544 e. The van der Waals surface area contributed by atoms with E-state index in [9.17, 15) is 0 Å². The van der Waals surface area contributed by atoms with Gasteiger partial charge in [0.2, 0.25) is 8.32 Å². The summed E-state index contributed by atoms with van der Waals surface area (Å²) in [5, 5.41) is 0. The van der Waals surface area contributed by atoms with E-state index < -0.39 is 8.32 Å². The van der Waals surface area contributed by atoms with Crippen molar-refractivity contribution in [3.05, 3.63) is 66.2 Å². The molecule has 0 atom stereocenters. The Kier molecular flexibility index (Phi) is 5.55. The van der Waals surface area contributed by atoms with Crippen molar-refractivity contribution in [3.8, 4) is 11.5 Å². The van der Waals surface area contributed by atoms with Crippen molar-refractivity contribution in [2.24, 2.45) is 5.41 Å². The molecule has 0 bridgehead atoms. The third kappa shape index (κ3) is 6.24. The summed E-state index contributed by atoms with van der Waals surface area (Å²) in [6, 6.07) is 17.9. The van der Waals surface area contributed by atoms with Gasteiger partial charge in [0.05, 0.1) is 0 Å². The lowest BCUT2D eigenvalue weighted by molar-refractivity contribution is 0.479. The van der Waals surface area contributed by atoms with Gasteiger partial charge in [0.25, 0.3) is 0 Å². The molecule has 0 aliphatic carbocycles. The molecule has 2 aromatic carbocycles. The first-order valence-corrected chi connectivity index (χ1v) is 11.8. The molecule has 2 rings (SSSR count). The molecule has 3 heteroatoms. The number of hydrogen-bond acceptors (Lipinski definition) is 2. The number of hydrogen-bond donors (Lipinski definition) is 0. The van der Waals surface area contributed by atoms with Crippen LogP contribution in [0, 0.1) is 5.41 Å². The second-order valence-corrected chi connectivity index (χ2v) is 12.5. The molecule has 0 aliphatic rings. The molecule has 0 heterocycles. The third-order valence-corrected chi connectivity index (χ3v) is 3.93. The largest absolute Gasteiger partial charge is 0.544 e. The highest BCUT2D eigenvalue weighted by atomic mass is 28.4. The van der Waals surface area contributed by atoms with Gasteiger partial charge in [-0.25, -0.2) is 0 Å². The summed E-state index contributed by atoms with van der Waals surface area (Å²) in [7, 11) is -1.68. The Morgan fingerprint density at radius 2 is 1.38 bits per heavy atom. The molecule has 0 aromatic heterocycles. The Bertz CT molecular complexity index is 675. The maximum Gasteiger partial charge on any atom is 0.242 e. The highest BCUT2D eigenvalue weighted by molar-refractivity contribution is 6.70. The molecule has 2 nitrogen and oxygen atoms in total. The highest BCUT2D eigenvalue weighted by Gasteiger charge is 2.20. The maximum absolute atomic E-state index is 6.32. The minimum absolute atomic E-state index is 0.0637. The molecule has 0 N–H and O–H groups in total. The summed E-state index contributed by atoms with van der Waals surface area (Å²) in [5.41, 5.74) is 1.15. The maximum atomic E-state index is 6.32. The summed E-state index contributed by atoms with van der Waals surface area (Å²) < 4.78 is 12.2. The first-order chi connectivity index (χ1) is 11.1. The van der Waals surface area contributed by atoms with Gasteiger partial charge in [-0.3, -0.25) is 0 Å². The van der Waals surface area contributed by atoms with Crippen LogP contribution in [0.4, 0.5) is 0 Å². The van der Waals surface area contributed by atoms with Crippen LogP contribution >= 0.6 is 0 Å². The third-order valence-electron chi connectivity index (χ3n) is 3.10. The van der Waals surface area contributed by atoms with Gasteiger partial charge in [0.15, 0.2) is 0 Å². The smallest absolute Gasteiger partial charge is 0.242 e. The molecule has 0 amide bonds. The minimum atomic E-state index is -1.68. The molecule has 0 fully saturated rings. The number of rotatable bonds is 5. The Balaban J connectivity index is 2.23. The van der Waals surface area contributed by atoms with Gasteiger partial charge >= 0.3 is 0 Å². The van der Waals surface area contributed by atoms with Crippen LogP contribution < -0.4 is 4.74 Å². The quantitative estimate of drug-likeness (QED) is 0.444. The van der Waals surface area contributed by atoms with E-state index in [1.165, 1.54) is 0 Å². The van der Waals surface area contributed by atoms with Crippen molar-refractivity contribution in [1.82, 2.24) is 0 Å². The Hall–Kier alpha value is -2.00. The van der Waals surface area contributed by atoms with E-state index in [1.807, 2.05) is 42.5 Å². The van der Waals surface area contributed by atoms with Crippen LogP contribution in [0.25, 0.3) is 5.76 Å². The summed E-state index contributed by atoms with van der Waals surface area (Å²) in [6.07, 6.45) is 2.21. The summed E-state index contributed by atoms with van der Waals surface area (Å²) in [5.74, 6) is 2.63. The van der Waals surface area contributed by atoms with Crippen LogP contribution in [0.1, 0.15) is 26.3 Å². The first-order valence-electron chi connectivity index (χ1n) is 8.38. The zero-order chi connectivity index (χ0) is 17.8. The molecule has 0 spiro atoms. The molecular formula is C21H28O2Si. The average molecular weight is 341 g/mol. The zero-order valence-electron chi connectivity index (χ0n) is 15.6. The van der Waals surface area contributed by atoms with Crippen LogP contribution in [-0.4, -0.2) is 8.32 Å². The Morgan fingerprint density at radius 3 is 1.88 bits per heavy atom. The predicted octanol–water partition coefficient (Wildman–Crippen LogP) is 6.72. The Labute approximate surface area is 147 Å². The second-order valence-electron chi connectivity index (χ2n) is 8.03. The molecular weight excluding hydrogens is 312 g/mol. The zero-order valence-corrected chi connectivity index (χ0v) is 16.6. The summed E-state index contributed by atoms with van der Waals surface area (Å²) >= 11 is 0. The molecule has 128 valence electrons. The monoisotopic (exact) mass is 340 g/mol. The van der Waals surface area contributed by atoms with E-state index >= 15 is 0 Å². The second kappa shape index (κ2) is 7.26. The van der Waals surface area contributed by atoms with E-state index in [0.29, 0.717) is 0 Å². The predicted molar refractivity (Wildman–Crippen MR) is 105 cm³/mol. The molecule has 0 unspecified atom stereocenters. The van der Waals surface area contributed by atoms with Crippen molar-refractivity contribution >= 4 is 14.1 Å². The number of benzene rings is 2. The van der Waals surface area contributed by atoms with Gasteiger partial charge < -0.3 is 9.16 Å². The van der Waals surface area contributed by atoms with E-state index in [0.717, 1.165) is 22.8 Å². The van der Waals surface area contributed by atoms with Crippen LogP contribution in [0.3, 0.4) is 0 Å². The van der Waals surface area contributed by atoms with Crippen molar-refractivity contribution in [2.75, 3.05) is 0 Å². The van der Waals surface area contributed by atoms with Crippen LogP contribution in [-0.2, 0) is 4.43 Å². The van der Waals surface area contributed by atoms with Gasteiger partial charge in [-0.05, 0) is 67.5 Å². The lowest BCUT2D eigenvalue weighted by atomic mass is 9.94. The topological polar surface area (TPSA) is 18.5 Å². The summed E-state index contributed by atoms with van der Waals surface area (Å²) in [6.45, 7) is 13.2. The van der Waals surface area contributed by atoms with Gasteiger partial charge in [-0.1, -0.05) is 39.0 Å². The molecule has 0 aliphatic heterocycles. The molecule has 0 saturated heterocycles. The number of ether oxygens (including phenoxy) is 1. The SMILES string of the molecule is CC(C)(C)/C=C(/O[Si](C)(C)C)c1ccc(Oc2ccccc2)cc1. The Morgan fingerprint density at radius 1 is 0.833 bits per heavy atom. The van der Waals surface area contributed by atoms with Crippen LogP contribution in [0.2, 0.25) is 19.6 Å². The standard InChI is InChI=1S/C21H28O2Si/c1-21(2,3)16-20(23-24(4,5)6)17-12-14-19(15-13-17)22-18-10-8-7-9-11-18/h7-16H,1-6H3/b20-16+. The first kappa shape index (κ1) is 18.3. The molecule has 24 heavy (non-hydrogen) atoms. The number of allylic oxidation sites excluding steroid dienone is 1. The van der Waals surface area contributed by atoms with Crippen LogP contribution in [0.15, 0.2) is 60.7 Å². The summed E-state index contributed by atoms with van der Waals surface area (Å²) in [4.78, 5) is 0. The van der Waals surface area contributed by atoms with E-state index in [1.54, 1.807) is 0 Å². The van der Waals surface area contributed by atoms with Crippen molar-refractivity contribution in [2.45, 2.75) is 40.4 Å². The van der Waals surface area contributed by atoms with Crippen LogP contribution in [0.5, 0.6) is 11.5 Å². The fourth-order valence-corrected chi connectivity index (χ4v) is 3.04.